The van der Waals surface area contributed by atoms with E-state index in [1.54, 1.807) is 0 Å². The van der Waals surface area contributed by atoms with Gasteiger partial charge in [-0.15, -0.1) is 6.58 Å². The number of hydrogen-bond acceptors (Lipinski definition) is 0. The molecule has 0 saturated heterocycles. The Balaban J connectivity index is 1.78. The van der Waals surface area contributed by atoms with Gasteiger partial charge in [-0.25, -0.2) is 0 Å². The Bertz CT molecular complexity index is 168. The van der Waals surface area contributed by atoms with Crippen molar-refractivity contribution in [2.24, 2.45) is 17.8 Å². The second-order valence-corrected chi connectivity index (χ2v) is 5.31. The lowest BCUT2D eigenvalue weighted by Crippen LogP contribution is -2.22. The van der Waals surface area contributed by atoms with E-state index in [1.165, 1.54) is 57.8 Å². The molecule has 80 valence electrons. The van der Waals surface area contributed by atoms with Crippen molar-refractivity contribution in [2.45, 2.75) is 57.8 Å². The molecule has 0 heteroatoms. The summed E-state index contributed by atoms with van der Waals surface area (Å²) in [5, 5.41) is 0. The summed E-state index contributed by atoms with van der Waals surface area (Å²) in [6.07, 6.45) is 15.6. The average Bonchev–Trinajstić information content (AvgIpc) is 2.30. The maximum Gasteiger partial charge on any atom is -0.0236 e. The van der Waals surface area contributed by atoms with E-state index in [0.717, 1.165) is 17.8 Å². The van der Waals surface area contributed by atoms with Gasteiger partial charge in [-0.3, -0.25) is 0 Å². The van der Waals surface area contributed by atoms with E-state index in [2.05, 4.69) is 12.7 Å². The van der Waals surface area contributed by atoms with E-state index in [-0.39, 0.29) is 0 Å². The lowest BCUT2D eigenvalue weighted by atomic mass is 9.71. The molecular formula is C14H24. The molecule has 0 aromatic rings. The summed E-state index contributed by atoms with van der Waals surface area (Å²) in [5.74, 6) is 3.01. The van der Waals surface area contributed by atoms with Crippen LogP contribution < -0.4 is 0 Å². The Morgan fingerprint density at radius 1 is 0.714 bits per heavy atom. The SMILES string of the molecule is C=CC1CCC(C2CCCCC2)CC1. The smallest absolute Gasteiger partial charge is 0.0236 e. The third-order valence-electron chi connectivity index (χ3n) is 4.47. The largest absolute Gasteiger partial charge is 0.103 e. The van der Waals surface area contributed by atoms with Crippen molar-refractivity contribution in [1.82, 2.24) is 0 Å². The molecule has 0 N–H and O–H groups in total. The van der Waals surface area contributed by atoms with Crippen molar-refractivity contribution in [1.29, 1.82) is 0 Å². The molecule has 2 fully saturated rings. The summed E-state index contributed by atoms with van der Waals surface area (Å²) < 4.78 is 0. The first-order valence-electron chi connectivity index (χ1n) is 6.52. The molecule has 0 radical (unpaired) electrons. The van der Waals surface area contributed by atoms with Crippen LogP contribution in [0.1, 0.15) is 57.8 Å². The fourth-order valence-corrected chi connectivity index (χ4v) is 3.46. The van der Waals surface area contributed by atoms with Crippen LogP contribution in [-0.2, 0) is 0 Å². The van der Waals surface area contributed by atoms with Crippen LogP contribution in [-0.4, -0.2) is 0 Å². The van der Waals surface area contributed by atoms with Crippen molar-refractivity contribution < 1.29 is 0 Å². The average molecular weight is 192 g/mol. The molecule has 0 aromatic heterocycles. The first kappa shape index (κ1) is 10.3. The fraction of sp³-hybridized carbons (Fsp3) is 0.857. The van der Waals surface area contributed by atoms with Gasteiger partial charge in [-0.1, -0.05) is 38.2 Å². The van der Waals surface area contributed by atoms with Crippen LogP contribution in [0.3, 0.4) is 0 Å². The molecule has 2 rings (SSSR count). The number of allylic oxidation sites excluding steroid dienone is 1. The predicted octanol–water partition coefficient (Wildman–Crippen LogP) is 4.56. The monoisotopic (exact) mass is 192 g/mol. The Morgan fingerprint density at radius 2 is 1.29 bits per heavy atom. The first-order chi connectivity index (χ1) is 6.90. The highest BCUT2D eigenvalue weighted by Crippen LogP contribution is 2.39. The quantitative estimate of drug-likeness (QED) is 0.563. The topological polar surface area (TPSA) is 0 Å². The van der Waals surface area contributed by atoms with E-state index in [1.807, 2.05) is 0 Å². The minimum atomic E-state index is 0.842. The van der Waals surface area contributed by atoms with Gasteiger partial charge in [0.1, 0.15) is 0 Å². The lowest BCUT2D eigenvalue weighted by molar-refractivity contribution is 0.180. The van der Waals surface area contributed by atoms with Crippen molar-refractivity contribution in [3.05, 3.63) is 12.7 Å². The van der Waals surface area contributed by atoms with Gasteiger partial charge in [-0.05, 0) is 43.4 Å². The van der Waals surface area contributed by atoms with Crippen LogP contribution in [0.15, 0.2) is 12.7 Å². The molecule has 0 atom stereocenters. The Morgan fingerprint density at radius 3 is 1.86 bits per heavy atom. The van der Waals surface area contributed by atoms with Gasteiger partial charge in [0.15, 0.2) is 0 Å². The van der Waals surface area contributed by atoms with Gasteiger partial charge in [0.25, 0.3) is 0 Å². The summed E-state index contributed by atoms with van der Waals surface area (Å²) >= 11 is 0. The van der Waals surface area contributed by atoms with E-state index in [9.17, 15) is 0 Å². The molecule has 0 unspecified atom stereocenters. The summed E-state index contributed by atoms with van der Waals surface area (Å²) in [7, 11) is 0. The fourth-order valence-electron chi connectivity index (χ4n) is 3.46. The second kappa shape index (κ2) is 5.00. The highest BCUT2D eigenvalue weighted by Gasteiger charge is 2.27. The minimum Gasteiger partial charge on any atom is -0.103 e. The van der Waals surface area contributed by atoms with E-state index in [4.69, 9.17) is 0 Å². The predicted molar refractivity (Wildman–Crippen MR) is 62.2 cm³/mol. The number of rotatable bonds is 2. The minimum absolute atomic E-state index is 0.842. The van der Waals surface area contributed by atoms with Gasteiger partial charge < -0.3 is 0 Å². The van der Waals surface area contributed by atoms with Gasteiger partial charge >= 0.3 is 0 Å². The Hall–Kier alpha value is -0.260. The zero-order valence-corrected chi connectivity index (χ0v) is 9.38. The Labute approximate surface area is 88.8 Å². The zero-order chi connectivity index (χ0) is 9.80. The highest BCUT2D eigenvalue weighted by molar-refractivity contribution is 4.86. The second-order valence-electron chi connectivity index (χ2n) is 5.31. The first-order valence-corrected chi connectivity index (χ1v) is 6.52. The summed E-state index contributed by atoms with van der Waals surface area (Å²) in [6, 6.07) is 0. The third kappa shape index (κ3) is 2.40. The molecule has 2 aliphatic rings. The summed E-state index contributed by atoms with van der Waals surface area (Å²) in [4.78, 5) is 0. The van der Waals surface area contributed by atoms with Crippen LogP contribution in [0.5, 0.6) is 0 Å². The molecule has 0 heterocycles. The van der Waals surface area contributed by atoms with E-state index < -0.39 is 0 Å². The molecule has 0 aliphatic heterocycles. The van der Waals surface area contributed by atoms with Crippen LogP contribution in [0.25, 0.3) is 0 Å². The van der Waals surface area contributed by atoms with E-state index in [0.29, 0.717) is 0 Å². The Kier molecular flexibility index (Phi) is 3.67. The number of hydrogen-bond donors (Lipinski definition) is 0. The van der Waals surface area contributed by atoms with Gasteiger partial charge in [0.2, 0.25) is 0 Å². The van der Waals surface area contributed by atoms with Gasteiger partial charge in [0.05, 0.1) is 0 Å². The normalized spacial score (nSPS) is 35.4. The van der Waals surface area contributed by atoms with Crippen LogP contribution in [0, 0.1) is 17.8 Å². The standard InChI is InChI=1S/C14H24/c1-2-12-8-10-14(11-9-12)13-6-4-3-5-7-13/h2,12-14H,1,3-11H2. The third-order valence-corrected chi connectivity index (χ3v) is 4.47. The van der Waals surface area contributed by atoms with Crippen LogP contribution in [0.2, 0.25) is 0 Å². The van der Waals surface area contributed by atoms with Crippen LogP contribution >= 0.6 is 0 Å². The maximum atomic E-state index is 3.92. The van der Waals surface area contributed by atoms with Gasteiger partial charge in [0, 0.05) is 0 Å². The highest BCUT2D eigenvalue weighted by atomic mass is 14.3. The van der Waals surface area contributed by atoms with Crippen molar-refractivity contribution in [3.8, 4) is 0 Å². The van der Waals surface area contributed by atoms with Crippen molar-refractivity contribution in [2.75, 3.05) is 0 Å². The molecule has 0 bridgehead atoms. The molecular weight excluding hydrogens is 168 g/mol. The molecule has 2 aliphatic carbocycles. The molecule has 0 nitrogen and oxygen atoms in total. The summed E-state index contributed by atoms with van der Waals surface area (Å²) in [5.41, 5.74) is 0. The summed E-state index contributed by atoms with van der Waals surface area (Å²) in [6.45, 7) is 3.92. The van der Waals surface area contributed by atoms with Gasteiger partial charge in [-0.2, -0.15) is 0 Å². The van der Waals surface area contributed by atoms with Crippen molar-refractivity contribution >= 4 is 0 Å². The molecule has 0 aromatic carbocycles. The van der Waals surface area contributed by atoms with Crippen LogP contribution in [0.4, 0.5) is 0 Å². The van der Waals surface area contributed by atoms with Crippen molar-refractivity contribution in [3.63, 3.8) is 0 Å². The molecule has 0 spiro atoms. The lowest BCUT2D eigenvalue weighted by Gasteiger charge is -2.35. The molecule has 2 saturated carbocycles. The molecule has 0 amide bonds. The molecule has 14 heavy (non-hydrogen) atoms. The maximum absolute atomic E-state index is 3.92. The zero-order valence-electron chi connectivity index (χ0n) is 9.38. The van der Waals surface area contributed by atoms with E-state index >= 15 is 0 Å².